The minimum absolute atomic E-state index is 0.152. The van der Waals surface area contributed by atoms with Crippen molar-refractivity contribution in [1.29, 1.82) is 0 Å². The van der Waals surface area contributed by atoms with Gasteiger partial charge in [-0.15, -0.1) is 11.3 Å². The van der Waals surface area contributed by atoms with Crippen LogP contribution in [0.3, 0.4) is 0 Å². The molecule has 0 bridgehead atoms. The normalized spacial score (nSPS) is 14.1. The molecular formula is C12H12N2O4S2. The molecule has 106 valence electrons. The van der Waals surface area contributed by atoms with Crippen LogP contribution in [0, 0.1) is 0 Å². The number of benzene rings is 1. The Labute approximate surface area is 120 Å². The summed E-state index contributed by atoms with van der Waals surface area (Å²) in [6.07, 6.45) is 1.57. The Bertz CT molecular complexity index is 713. The summed E-state index contributed by atoms with van der Waals surface area (Å²) < 4.78 is 37.0. The molecule has 1 aliphatic heterocycles. The van der Waals surface area contributed by atoms with Gasteiger partial charge in [-0.3, -0.25) is 0 Å². The van der Waals surface area contributed by atoms with Gasteiger partial charge in [0.1, 0.15) is 13.2 Å². The third-order valence-corrected chi connectivity index (χ3v) is 5.57. The maximum absolute atomic E-state index is 12.5. The maximum atomic E-state index is 12.5. The molecule has 0 spiro atoms. The molecule has 1 aromatic carbocycles. The average molecular weight is 312 g/mol. The summed E-state index contributed by atoms with van der Waals surface area (Å²) in [6, 6.07) is 4.60. The molecule has 1 aliphatic rings. The number of hydrogen-bond acceptors (Lipinski definition) is 6. The zero-order valence-corrected chi connectivity index (χ0v) is 12.3. The van der Waals surface area contributed by atoms with Gasteiger partial charge in [-0.1, -0.05) is 0 Å². The third-order valence-electron chi connectivity index (χ3n) is 2.86. The van der Waals surface area contributed by atoms with E-state index in [-0.39, 0.29) is 4.90 Å². The second-order valence-corrected chi connectivity index (χ2v) is 6.93. The predicted octanol–water partition coefficient (Wildman–Crippen LogP) is 1.74. The monoisotopic (exact) mass is 312 g/mol. The molecule has 6 nitrogen and oxygen atoms in total. The van der Waals surface area contributed by atoms with Crippen LogP contribution in [0.15, 0.2) is 34.7 Å². The van der Waals surface area contributed by atoms with Crippen molar-refractivity contribution in [3.8, 4) is 11.5 Å². The Balaban J connectivity index is 1.99. The molecule has 0 atom stereocenters. The van der Waals surface area contributed by atoms with Gasteiger partial charge in [0, 0.05) is 24.7 Å². The molecule has 0 radical (unpaired) electrons. The van der Waals surface area contributed by atoms with E-state index in [0.29, 0.717) is 29.8 Å². The number of hydrogen-bond donors (Lipinski definition) is 0. The number of anilines is 1. The van der Waals surface area contributed by atoms with Crippen LogP contribution < -0.4 is 13.8 Å². The van der Waals surface area contributed by atoms with Crippen molar-refractivity contribution in [2.24, 2.45) is 0 Å². The summed E-state index contributed by atoms with van der Waals surface area (Å²) in [5, 5.41) is 2.14. The van der Waals surface area contributed by atoms with Gasteiger partial charge in [0.15, 0.2) is 16.6 Å². The Morgan fingerprint density at radius 3 is 2.70 bits per heavy atom. The molecule has 0 saturated carbocycles. The second-order valence-electron chi connectivity index (χ2n) is 4.09. The van der Waals surface area contributed by atoms with Gasteiger partial charge in [-0.25, -0.2) is 17.7 Å². The van der Waals surface area contributed by atoms with E-state index in [1.807, 2.05) is 0 Å². The third kappa shape index (κ3) is 2.20. The lowest BCUT2D eigenvalue weighted by Gasteiger charge is -2.20. The van der Waals surface area contributed by atoms with E-state index in [0.717, 1.165) is 4.31 Å². The predicted molar refractivity (Wildman–Crippen MR) is 75.1 cm³/mol. The van der Waals surface area contributed by atoms with Crippen LogP contribution in [-0.4, -0.2) is 33.7 Å². The van der Waals surface area contributed by atoms with E-state index in [4.69, 9.17) is 9.47 Å². The van der Waals surface area contributed by atoms with E-state index in [1.54, 1.807) is 17.6 Å². The first-order chi connectivity index (χ1) is 9.59. The molecule has 3 rings (SSSR count). The number of fused-ring (bicyclic) bond motifs is 1. The van der Waals surface area contributed by atoms with E-state index in [9.17, 15) is 8.42 Å². The lowest BCUT2D eigenvalue weighted by molar-refractivity contribution is 0.171. The van der Waals surface area contributed by atoms with Crippen molar-refractivity contribution < 1.29 is 17.9 Å². The first-order valence-corrected chi connectivity index (χ1v) is 8.19. The fourth-order valence-corrected chi connectivity index (χ4v) is 3.82. The largest absolute Gasteiger partial charge is 0.486 e. The molecule has 0 amide bonds. The second kappa shape index (κ2) is 4.95. The van der Waals surface area contributed by atoms with E-state index in [1.165, 1.54) is 30.5 Å². The van der Waals surface area contributed by atoms with Gasteiger partial charge in [-0.05, 0) is 12.1 Å². The Morgan fingerprint density at radius 1 is 1.25 bits per heavy atom. The van der Waals surface area contributed by atoms with E-state index in [2.05, 4.69) is 4.98 Å². The average Bonchev–Trinajstić information content (AvgIpc) is 3.00. The number of aromatic nitrogens is 1. The minimum atomic E-state index is -3.65. The van der Waals surface area contributed by atoms with Gasteiger partial charge in [0.25, 0.3) is 10.0 Å². The Hall–Kier alpha value is -1.80. The molecule has 0 aliphatic carbocycles. The highest BCUT2D eigenvalue weighted by Gasteiger charge is 2.25. The molecule has 2 heterocycles. The van der Waals surface area contributed by atoms with Gasteiger partial charge in [0.2, 0.25) is 0 Å². The highest BCUT2D eigenvalue weighted by Crippen LogP contribution is 2.33. The summed E-state index contributed by atoms with van der Waals surface area (Å²) in [5.74, 6) is 1.01. The van der Waals surface area contributed by atoms with Gasteiger partial charge in [-0.2, -0.15) is 0 Å². The zero-order valence-electron chi connectivity index (χ0n) is 10.6. The zero-order chi connectivity index (χ0) is 14.2. The Kier molecular flexibility index (Phi) is 3.27. The van der Waals surface area contributed by atoms with Gasteiger partial charge in [0.05, 0.1) is 4.90 Å². The van der Waals surface area contributed by atoms with Crippen molar-refractivity contribution in [2.45, 2.75) is 4.90 Å². The molecule has 0 saturated heterocycles. The first-order valence-electron chi connectivity index (χ1n) is 5.87. The van der Waals surface area contributed by atoms with Gasteiger partial charge >= 0.3 is 0 Å². The fraction of sp³-hybridized carbons (Fsp3) is 0.250. The summed E-state index contributed by atoms with van der Waals surface area (Å²) in [7, 11) is -2.17. The Morgan fingerprint density at radius 2 is 2.00 bits per heavy atom. The van der Waals surface area contributed by atoms with Crippen LogP contribution in [0.5, 0.6) is 11.5 Å². The summed E-state index contributed by atoms with van der Waals surface area (Å²) >= 11 is 1.26. The maximum Gasteiger partial charge on any atom is 0.265 e. The quantitative estimate of drug-likeness (QED) is 0.863. The van der Waals surface area contributed by atoms with Crippen LogP contribution in [-0.2, 0) is 10.0 Å². The summed E-state index contributed by atoms with van der Waals surface area (Å²) in [5.41, 5.74) is 0. The lowest BCUT2D eigenvalue weighted by Crippen LogP contribution is -2.26. The SMILES string of the molecule is CN(c1nccs1)S(=O)(=O)c1ccc2c(c1)OCCO2. The van der Waals surface area contributed by atoms with Crippen LogP contribution in [0.1, 0.15) is 0 Å². The van der Waals surface area contributed by atoms with Crippen molar-refractivity contribution in [1.82, 2.24) is 4.98 Å². The molecule has 0 fully saturated rings. The van der Waals surface area contributed by atoms with E-state index < -0.39 is 10.0 Å². The molecule has 8 heteroatoms. The fourth-order valence-electron chi connectivity index (χ4n) is 1.82. The van der Waals surface area contributed by atoms with Crippen molar-refractivity contribution >= 4 is 26.5 Å². The number of thiazole rings is 1. The lowest BCUT2D eigenvalue weighted by atomic mass is 10.3. The molecular weight excluding hydrogens is 300 g/mol. The van der Waals surface area contributed by atoms with E-state index >= 15 is 0 Å². The number of nitrogens with zero attached hydrogens (tertiary/aromatic N) is 2. The molecule has 0 N–H and O–H groups in total. The number of sulfonamides is 1. The minimum Gasteiger partial charge on any atom is -0.486 e. The van der Waals surface area contributed by atoms with Crippen molar-refractivity contribution in [2.75, 3.05) is 24.6 Å². The van der Waals surface area contributed by atoms with Crippen LogP contribution >= 0.6 is 11.3 Å². The number of ether oxygens (including phenoxy) is 2. The first kappa shape index (κ1) is 13.2. The van der Waals surface area contributed by atoms with Crippen LogP contribution in [0.25, 0.3) is 0 Å². The summed E-state index contributed by atoms with van der Waals surface area (Å²) in [4.78, 5) is 4.16. The summed E-state index contributed by atoms with van der Waals surface area (Å²) in [6.45, 7) is 0.886. The van der Waals surface area contributed by atoms with Gasteiger partial charge < -0.3 is 9.47 Å². The molecule has 2 aromatic rings. The molecule has 1 aromatic heterocycles. The molecule has 0 unspecified atom stereocenters. The molecule has 20 heavy (non-hydrogen) atoms. The smallest absolute Gasteiger partial charge is 0.265 e. The van der Waals surface area contributed by atoms with Crippen molar-refractivity contribution in [3.63, 3.8) is 0 Å². The number of rotatable bonds is 3. The van der Waals surface area contributed by atoms with Crippen LogP contribution in [0.4, 0.5) is 5.13 Å². The van der Waals surface area contributed by atoms with Crippen molar-refractivity contribution in [3.05, 3.63) is 29.8 Å². The topological polar surface area (TPSA) is 68.7 Å². The highest BCUT2D eigenvalue weighted by molar-refractivity contribution is 7.93. The van der Waals surface area contributed by atoms with Crippen LogP contribution in [0.2, 0.25) is 0 Å². The highest BCUT2D eigenvalue weighted by atomic mass is 32.2. The standard InChI is InChI=1S/C12H12N2O4S2/c1-14(12-13-4-7-19-12)20(15,16)9-2-3-10-11(8-9)18-6-5-17-10/h2-4,7-8H,5-6H2,1H3.